The molecule has 8 nitrogen and oxygen atoms in total. The van der Waals surface area contributed by atoms with E-state index in [1.807, 2.05) is 18.2 Å². The second-order valence-corrected chi connectivity index (χ2v) is 7.24. The molecule has 30 heavy (non-hydrogen) atoms. The van der Waals surface area contributed by atoms with Crippen LogP contribution in [0.15, 0.2) is 36.8 Å². The topological polar surface area (TPSA) is 109 Å². The van der Waals surface area contributed by atoms with Crippen molar-refractivity contribution in [1.82, 2.24) is 25.3 Å². The van der Waals surface area contributed by atoms with E-state index in [2.05, 4.69) is 31.3 Å². The fourth-order valence-electron chi connectivity index (χ4n) is 3.84. The Morgan fingerprint density at radius 3 is 2.63 bits per heavy atom. The van der Waals surface area contributed by atoms with Crippen LogP contribution in [0, 0.1) is 11.3 Å². The van der Waals surface area contributed by atoms with Gasteiger partial charge in [-0.3, -0.25) is 0 Å². The number of piperidine rings is 1. The molecule has 5 heterocycles. The lowest BCUT2D eigenvalue weighted by Crippen LogP contribution is -2.34. The number of ether oxygens (including phenoxy) is 2. The van der Waals surface area contributed by atoms with E-state index in [1.165, 1.54) is 0 Å². The summed E-state index contributed by atoms with van der Waals surface area (Å²) in [6.45, 7) is 1.81. The lowest BCUT2D eigenvalue weighted by Gasteiger charge is -2.24. The predicted molar refractivity (Wildman–Crippen MR) is 112 cm³/mol. The van der Waals surface area contributed by atoms with Crippen LogP contribution in [0.25, 0.3) is 33.1 Å². The number of methoxy groups -OCH3 is 1. The van der Waals surface area contributed by atoms with Gasteiger partial charge >= 0.3 is 0 Å². The first-order valence-electron chi connectivity index (χ1n) is 9.85. The highest BCUT2D eigenvalue weighted by atomic mass is 16.5. The number of rotatable bonds is 4. The number of hydrogen-bond donors (Lipinski definition) is 2. The van der Waals surface area contributed by atoms with Gasteiger partial charge in [0.1, 0.15) is 17.8 Å². The average molecular weight is 400 g/mol. The lowest BCUT2D eigenvalue weighted by atomic mass is 10.1. The average Bonchev–Trinajstić information content (AvgIpc) is 3.18. The summed E-state index contributed by atoms with van der Waals surface area (Å²) in [5.74, 6) is 1.09. The Morgan fingerprint density at radius 1 is 1.07 bits per heavy atom. The number of aromatic amines is 1. The smallest absolute Gasteiger partial charge is 0.212 e. The van der Waals surface area contributed by atoms with Crippen molar-refractivity contribution in [3.63, 3.8) is 0 Å². The maximum absolute atomic E-state index is 9.65. The molecular weight excluding hydrogens is 380 g/mol. The van der Waals surface area contributed by atoms with E-state index in [9.17, 15) is 5.26 Å². The zero-order chi connectivity index (χ0) is 20.5. The quantitative estimate of drug-likeness (QED) is 0.541. The van der Waals surface area contributed by atoms with Gasteiger partial charge in [-0.1, -0.05) is 0 Å². The molecule has 0 aromatic carbocycles. The molecular formula is C22H20N6O2. The number of hydrogen-bond acceptors (Lipinski definition) is 7. The first-order valence-corrected chi connectivity index (χ1v) is 9.85. The molecule has 0 saturated carbocycles. The Morgan fingerprint density at radius 2 is 1.90 bits per heavy atom. The molecule has 0 radical (unpaired) electrons. The molecule has 150 valence electrons. The van der Waals surface area contributed by atoms with Gasteiger partial charge < -0.3 is 19.8 Å². The monoisotopic (exact) mass is 400 g/mol. The van der Waals surface area contributed by atoms with Crippen molar-refractivity contribution in [2.45, 2.75) is 18.9 Å². The van der Waals surface area contributed by atoms with Gasteiger partial charge in [-0.25, -0.2) is 15.0 Å². The van der Waals surface area contributed by atoms with Crippen molar-refractivity contribution in [2.75, 3.05) is 20.2 Å². The highest BCUT2D eigenvalue weighted by Crippen LogP contribution is 2.37. The first-order chi connectivity index (χ1) is 14.8. The molecule has 1 aliphatic rings. The molecule has 5 rings (SSSR count). The van der Waals surface area contributed by atoms with E-state index in [4.69, 9.17) is 9.47 Å². The van der Waals surface area contributed by atoms with Crippen LogP contribution in [0.5, 0.6) is 11.6 Å². The van der Waals surface area contributed by atoms with Crippen LogP contribution in [-0.4, -0.2) is 46.2 Å². The highest BCUT2D eigenvalue weighted by molar-refractivity contribution is 6.10. The zero-order valence-corrected chi connectivity index (χ0v) is 16.5. The third kappa shape index (κ3) is 3.19. The first kappa shape index (κ1) is 18.3. The van der Waals surface area contributed by atoms with Crippen molar-refractivity contribution in [2.24, 2.45) is 0 Å². The molecule has 0 aliphatic carbocycles. The SMILES string of the molecule is COc1ccc(-c2cnc3[nH]c4cnc(C#N)c(OC5CCNCC5)c4c3c2)cn1. The summed E-state index contributed by atoms with van der Waals surface area (Å²) in [5.41, 5.74) is 3.66. The van der Waals surface area contributed by atoms with Gasteiger partial charge in [0.25, 0.3) is 0 Å². The Kier molecular flexibility index (Phi) is 4.65. The van der Waals surface area contributed by atoms with Crippen molar-refractivity contribution in [3.8, 4) is 28.8 Å². The largest absolute Gasteiger partial charge is 0.487 e. The van der Waals surface area contributed by atoms with Crippen LogP contribution >= 0.6 is 0 Å². The number of aromatic nitrogens is 4. The Balaban J connectivity index is 1.66. The molecule has 0 spiro atoms. The van der Waals surface area contributed by atoms with Crippen LogP contribution in [0.1, 0.15) is 18.5 Å². The number of pyridine rings is 3. The molecule has 0 bridgehead atoms. The normalized spacial score (nSPS) is 14.7. The van der Waals surface area contributed by atoms with Gasteiger partial charge in [0, 0.05) is 35.0 Å². The van der Waals surface area contributed by atoms with E-state index in [0.29, 0.717) is 17.3 Å². The van der Waals surface area contributed by atoms with Crippen molar-refractivity contribution in [3.05, 3.63) is 42.5 Å². The summed E-state index contributed by atoms with van der Waals surface area (Å²) in [5, 5.41) is 14.7. The minimum atomic E-state index is 0.0534. The Hall–Kier alpha value is -3.70. The van der Waals surface area contributed by atoms with Gasteiger partial charge in [-0.2, -0.15) is 5.26 Å². The molecule has 0 unspecified atom stereocenters. The molecule has 1 fully saturated rings. The van der Waals surface area contributed by atoms with Gasteiger partial charge in [-0.15, -0.1) is 0 Å². The standard InChI is InChI=1S/C22H20N6O2/c1-29-19-3-2-13(10-26-19)14-8-16-20-18(28-22(16)27-11-14)12-25-17(9-23)21(20)30-15-4-6-24-7-5-15/h2-3,8,10-12,15,24H,4-7H2,1H3,(H,27,28). The van der Waals surface area contributed by atoms with E-state index in [0.717, 1.165) is 59.0 Å². The number of fused-ring (bicyclic) bond motifs is 3. The van der Waals surface area contributed by atoms with E-state index in [1.54, 1.807) is 25.7 Å². The summed E-state index contributed by atoms with van der Waals surface area (Å²) < 4.78 is 11.5. The lowest BCUT2D eigenvalue weighted by molar-refractivity contribution is 0.163. The summed E-state index contributed by atoms with van der Waals surface area (Å²) in [4.78, 5) is 16.5. The third-order valence-corrected chi connectivity index (χ3v) is 5.40. The van der Waals surface area contributed by atoms with Gasteiger partial charge in [-0.05, 0) is 38.1 Å². The van der Waals surface area contributed by atoms with E-state index < -0.39 is 0 Å². The molecule has 1 saturated heterocycles. The molecule has 1 aliphatic heterocycles. The number of nitrogens with zero attached hydrogens (tertiary/aromatic N) is 4. The van der Waals surface area contributed by atoms with Gasteiger partial charge in [0.15, 0.2) is 11.4 Å². The van der Waals surface area contributed by atoms with Crippen LogP contribution in [0.3, 0.4) is 0 Å². The predicted octanol–water partition coefficient (Wildman–Crippen LogP) is 3.18. The summed E-state index contributed by atoms with van der Waals surface area (Å²) >= 11 is 0. The maximum atomic E-state index is 9.65. The molecule has 0 amide bonds. The van der Waals surface area contributed by atoms with Crippen LogP contribution in [0.2, 0.25) is 0 Å². The van der Waals surface area contributed by atoms with Crippen LogP contribution in [-0.2, 0) is 0 Å². The van der Waals surface area contributed by atoms with E-state index in [-0.39, 0.29) is 6.10 Å². The molecule has 8 heteroatoms. The minimum absolute atomic E-state index is 0.0534. The Labute approximate surface area is 172 Å². The van der Waals surface area contributed by atoms with Gasteiger partial charge in [0.05, 0.1) is 24.2 Å². The molecule has 0 atom stereocenters. The second-order valence-electron chi connectivity index (χ2n) is 7.24. The minimum Gasteiger partial charge on any atom is -0.487 e. The fraction of sp³-hybridized carbons (Fsp3) is 0.273. The number of nitrogens with one attached hydrogen (secondary N) is 2. The number of nitriles is 1. The summed E-state index contributed by atoms with van der Waals surface area (Å²) in [6, 6.07) is 7.98. The van der Waals surface area contributed by atoms with Crippen molar-refractivity contribution < 1.29 is 9.47 Å². The second kappa shape index (κ2) is 7.61. The highest BCUT2D eigenvalue weighted by Gasteiger charge is 2.22. The van der Waals surface area contributed by atoms with Crippen LogP contribution in [0.4, 0.5) is 0 Å². The summed E-state index contributed by atoms with van der Waals surface area (Å²) in [6.07, 6.45) is 7.06. The molecule has 4 aromatic heterocycles. The zero-order valence-electron chi connectivity index (χ0n) is 16.5. The fourth-order valence-corrected chi connectivity index (χ4v) is 3.84. The summed E-state index contributed by atoms with van der Waals surface area (Å²) in [7, 11) is 1.59. The molecule has 4 aromatic rings. The Bertz CT molecular complexity index is 1250. The van der Waals surface area contributed by atoms with Crippen molar-refractivity contribution >= 4 is 21.9 Å². The maximum Gasteiger partial charge on any atom is 0.212 e. The number of H-pyrrole nitrogens is 1. The van der Waals surface area contributed by atoms with Gasteiger partial charge in [0.2, 0.25) is 5.88 Å². The van der Waals surface area contributed by atoms with Crippen LogP contribution < -0.4 is 14.8 Å². The van der Waals surface area contributed by atoms with Crippen molar-refractivity contribution in [1.29, 1.82) is 5.26 Å². The molecule has 2 N–H and O–H groups in total. The third-order valence-electron chi connectivity index (χ3n) is 5.40. The van der Waals surface area contributed by atoms with E-state index >= 15 is 0 Å².